The molecule has 2 aliphatic rings. The Hall–Kier alpha value is -1.00. The van der Waals surface area contributed by atoms with E-state index in [1.165, 1.54) is 10.5 Å². The minimum atomic E-state index is 0.209. The number of nitrogens with zero attached hydrogens (tertiary/aromatic N) is 1. The van der Waals surface area contributed by atoms with Crippen LogP contribution in [0.2, 0.25) is 0 Å². The van der Waals surface area contributed by atoms with E-state index in [0.717, 1.165) is 31.7 Å². The van der Waals surface area contributed by atoms with E-state index in [9.17, 15) is 4.79 Å². The Morgan fingerprint density at radius 1 is 1.32 bits per heavy atom. The van der Waals surface area contributed by atoms with Gasteiger partial charge in [-0.2, -0.15) is 0 Å². The first-order valence-electron chi connectivity index (χ1n) is 6.97. The third-order valence-electron chi connectivity index (χ3n) is 4.08. The molecule has 0 spiro atoms. The van der Waals surface area contributed by atoms with Gasteiger partial charge in [-0.3, -0.25) is 4.79 Å². The number of likely N-dealkylation sites (tertiary alicyclic amines) is 1. The molecule has 1 unspecified atom stereocenters. The van der Waals surface area contributed by atoms with Crippen LogP contribution in [0.1, 0.15) is 31.4 Å². The lowest BCUT2D eigenvalue weighted by Gasteiger charge is -2.33. The second-order valence-corrected chi connectivity index (χ2v) is 6.41. The van der Waals surface area contributed by atoms with E-state index in [1.807, 2.05) is 16.7 Å². The predicted molar refractivity (Wildman–Crippen MR) is 78.3 cm³/mol. The van der Waals surface area contributed by atoms with Crippen LogP contribution >= 0.6 is 11.8 Å². The zero-order valence-electron chi connectivity index (χ0n) is 11.3. The fraction of sp³-hybridized carbons (Fsp3) is 0.533. The van der Waals surface area contributed by atoms with Crippen LogP contribution in [0, 0.1) is 0 Å². The first kappa shape index (κ1) is 13.0. The quantitative estimate of drug-likeness (QED) is 0.900. The monoisotopic (exact) mass is 276 g/mol. The predicted octanol–water partition coefficient (Wildman–Crippen LogP) is 2.43. The van der Waals surface area contributed by atoms with E-state index in [-0.39, 0.29) is 5.91 Å². The standard InChI is InChI=1S/C15H20N2OS/c1-11(18)17-8-6-12(7-9-17)16-14-10-19-15-5-3-2-4-13(14)15/h2-5,12,14,16H,6-10H2,1H3. The SMILES string of the molecule is CC(=O)N1CCC(NC2CSc3ccccc32)CC1. The van der Waals surface area contributed by atoms with Crippen LogP contribution in [0.3, 0.4) is 0 Å². The highest BCUT2D eigenvalue weighted by atomic mass is 32.2. The van der Waals surface area contributed by atoms with Gasteiger partial charge in [0.2, 0.25) is 5.91 Å². The largest absolute Gasteiger partial charge is 0.343 e. The highest BCUT2D eigenvalue weighted by Gasteiger charge is 2.27. The molecule has 1 N–H and O–H groups in total. The third kappa shape index (κ3) is 2.79. The highest BCUT2D eigenvalue weighted by molar-refractivity contribution is 7.99. The maximum absolute atomic E-state index is 11.3. The van der Waals surface area contributed by atoms with Crippen molar-refractivity contribution in [2.45, 2.75) is 36.7 Å². The Balaban J connectivity index is 1.58. The molecule has 1 saturated heterocycles. The summed E-state index contributed by atoms with van der Waals surface area (Å²) in [6.45, 7) is 3.46. The van der Waals surface area contributed by atoms with Crippen molar-refractivity contribution in [1.29, 1.82) is 0 Å². The van der Waals surface area contributed by atoms with Crippen LogP contribution in [0.4, 0.5) is 0 Å². The summed E-state index contributed by atoms with van der Waals surface area (Å²) in [6, 6.07) is 9.71. The Labute approximate surface area is 118 Å². The molecule has 1 atom stereocenters. The van der Waals surface area contributed by atoms with Crippen molar-refractivity contribution < 1.29 is 4.79 Å². The first-order valence-corrected chi connectivity index (χ1v) is 7.96. The topological polar surface area (TPSA) is 32.3 Å². The molecule has 0 saturated carbocycles. The van der Waals surface area contributed by atoms with Crippen molar-refractivity contribution in [3.05, 3.63) is 29.8 Å². The molecule has 1 aromatic carbocycles. The maximum Gasteiger partial charge on any atom is 0.219 e. The summed E-state index contributed by atoms with van der Waals surface area (Å²) in [5.74, 6) is 1.34. The number of hydrogen-bond acceptors (Lipinski definition) is 3. The van der Waals surface area contributed by atoms with Gasteiger partial charge in [0.15, 0.2) is 0 Å². The number of rotatable bonds is 2. The zero-order chi connectivity index (χ0) is 13.2. The lowest BCUT2D eigenvalue weighted by Crippen LogP contribution is -2.45. The summed E-state index contributed by atoms with van der Waals surface area (Å²) < 4.78 is 0. The molecule has 3 rings (SSSR count). The van der Waals surface area contributed by atoms with Gasteiger partial charge in [0.05, 0.1) is 0 Å². The molecule has 1 aromatic rings. The summed E-state index contributed by atoms with van der Waals surface area (Å²) in [7, 11) is 0. The van der Waals surface area contributed by atoms with Gasteiger partial charge < -0.3 is 10.2 Å². The molecule has 102 valence electrons. The van der Waals surface area contributed by atoms with Crippen molar-refractivity contribution >= 4 is 17.7 Å². The molecule has 1 fully saturated rings. The smallest absolute Gasteiger partial charge is 0.219 e. The van der Waals surface area contributed by atoms with Gasteiger partial charge in [-0.25, -0.2) is 0 Å². The van der Waals surface area contributed by atoms with Crippen molar-refractivity contribution in [1.82, 2.24) is 10.2 Å². The van der Waals surface area contributed by atoms with Crippen LogP contribution < -0.4 is 5.32 Å². The van der Waals surface area contributed by atoms with Crippen LogP contribution in [0.15, 0.2) is 29.2 Å². The van der Waals surface area contributed by atoms with Gasteiger partial charge in [-0.05, 0) is 24.5 Å². The number of piperidine rings is 1. The number of nitrogens with one attached hydrogen (secondary N) is 1. The van der Waals surface area contributed by atoms with Gasteiger partial charge in [0.1, 0.15) is 0 Å². The minimum absolute atomic E-state index is 0.209. The second-order valence-electron chi connectivity index (χ2n) is 5.35. The first-order chi connectivity index (χ1) is 9.24. The molecule has 0 bridgehead atoms. The Morgan fingerprint density at radius 3 is 2.79 bits per heavy atom. The minimum Gasteiger partial charge on any atom is -0.343 e. The molecule has 1 amide bonds. The molecule has 0 aliphatic carbocycles. The summed E-state index contributed by atoms with van der Waals surface area (Å²) in [4.78, 5) is 14.7. The summed E-state index contributed by atoms with van der Waals surface area (Å²) in [5.41, 5.74) is 1.45. The van der Waals surface area contributed by atoms with Crippen LogP contribution in [-0.4, -0.2) is 35.7 Å². The van der Waals surface area contributed by atoms with Gasteiger partial charge >= 0.3 is 0 Å². The van der Waals surface area contributed by atoms with Crippen LogP contribution in [0.5, 0.6) is 0 Å². The molecular formula is C15H20N2OS. The average Bonchev–Trinajstić information content (AvgIpc) is 2.83. The molecule has 0 aromatic heterocycles. The summed E-state index contributed by atoms with van der Waals surface area (Å²) in [5, 5.41) is 3.77. The lowest BCUT2D eigenvalue weighted by atomic mass is 10.0. The molecule has 19 heavy (non-hydrogen) atoms. The maximum atomic E-state index is 11.3. The van der Waals surface area contributed by atoms with Gasteiger partial charge in [-0.15, -0.1) is 11.8 Å². The molecular weight excluding hydrogens is 256 g/mol. The summed E-state index contributed by atoms with van der Waals surface area (Å²) in [6.07, 6.45) is 2.14. The van der Waals surface area contributed by atoms with Crippen molar-refractivity contribution in [2.24, 2.45) is 0 Å². The number of thioether (sulfide) groups is 1. The van der Waals surface area contributed by atoms with Gasteiger partial charge in [0.25, 0.3) is 0 Å². The van der Waals surface area contributed by atoms with E-state index in [1.54, 1.807) is 6.92 Å². The molecule has 0 radical (unpaired) electrons. The molecule has 2 aliphatic heterocycles. The van der Waals surface area contributed by atoms with E-state index < -0.39 is 0 Å². The number of benzene rings is 1. The van der Waals surface area contributed by atoms with Crippen molar-refractivity contribution in [3.8, 4) is 0 Å². The van der Waals surface area contributed by atoms with Crippen molar-refractivity contribution in [2.75, 3.05) is 18.8 Å². The van der Waals surface area contributed by atoms with Gasteiger partial charge in [0, 0.05) is 42.7 Å². The number of amides is 1. The fourth-order valence-corrected chi connectivity index (χ4v) is 4.12. The Kier molecular flexibility index (Phi) is 3.80. The van der Waals surface area contributed by atoms with E-state index in [4.69, 9.17) is 0 Å². The number of hydrogen-bond donors (Lipinski definition) is 1. The number of carbonyl (C=O) groups excluding carboxylic acids is 1. The second kappa shape index (κ2) is 5.55. The van der Waals surface area contributed by atoms with Crippen LogP contribution in [-0.2, 0) is 4.79 Å². The Bertz CT molecular complexity index is 469. The zero-order valence-corrected chi connectivity index (χ0v) is 12.1. The molecule has 3 nitrogen and oxygen atoms in total. The van der Waals surface area contributed by atoms with E-state index >= 15 is 0 Å². The molecule has 2 heterocycles. The average molecular weight is 276 g/mol. The van der Waals surface area contributed by atoms with Crippen molar-refractivity contribution in [3.63, 3.8) is 0 Å². The Morgan fingerprint density at radius 2 is 2.05 bits per heavy atom. The van der Waals surface area contributed by atoms with E-state index in [2.05, 4.69) is 29.6 Å². The molecule has 4 heteroatoms. The number of carbonyl (C=O) groups is 1. The van der Waals surface area contributed by atoms with Crippen LogP contribution in [0.25, 0.3) is 0 Å². The number of fused-ring (bicyclic) bond motifs is 1. The fourth-order valence-electron chi connectivity index (χ4n) is 2.95. The third-order valence-corrected chi connectivity index (χ3v) is 5.26. The van der Waals surface area contributed by atoms with Gasteiger partial charge in [-0.1, -0.05) is 18.2 Å². The highest BCUT2D eigenvalue weighted by Crippen LogP contribution is 2.38. The normalized spacial score (nSPS) is 23.4. The summed E-state index contributed by atoms with van der Waals surface area (Å²) >= 11 is 1.94. The lowest BCUT2D eigenvalue weighted by molar-refractivity contribution is -0.129. The van der Waals surface area contributed by atoms with E-state index in [0.29, 0.717) is 12.1 Å².